The fraction of sp³-hybridized carbons (Fsp3) is 0.444. The summed E-state index contributed by atoms with van der Waals surface area (Å²) in [5.41, 5.74) is 0.193. The number of aromatic nitrogens is 1. The minimum absolute atomic E-state index is 0.0232. The third-order valence-corrected chi connectivity index (χ3v) is 4.31. The van der Waals surface area contributed by atoms with E-state index in [2.05, 4.69) is 4.98 Å². The summed E-state index contributed by atoms with van der Waals surface area (Å²) in [6, 6.07) is 3.15. The van der Waals surface area contributed by atoms with Gasteiger partial charge in [0, 0.05) is 31.8 Å². The highest BCUT2D eigenvalue weighted by Gasteiger charge is 2.54. The lowest BCUT2D eigenvalue weighted by molar-refractivity contribution is -0.261. The maximum atomic E-state index is 12.8. The summed E-state index contributed by atoms with van der Waals surface area (Å²) in [5, 5.41) is 0. The van der Waals surface area contributed by atoms with Gasteiger partial charge in [-0.3, -0.25) is 9.69 Å². The Morgan fingerprint density at radius 2 is 1.93 bits per heavy atom. The molecule has 0 bridgehead atoms. The van der Waals surface area contributed by atoms with Gasteiger partial charge in [-0.15, -0.1) is 0 Å². The number of carbonyl (C=O) groups excluding carboxylic acids is 3. The average Bonchev–Trinajstić information content (AvgIpc) is 2.69. The number of rotatable bonds is 4. The van der Waals surface area contributed by atoms with Crippen LogP contribution in [0, 0.1) is 0 Å². The van der Waals surface area contributed by atoms with Gasteiger partial charge in [-0.1, -0.05) is 0 Å². The number of nitrogens with zero attached hydrogens (tertiary/aromatic N) is 3. The number of hydrogen-bond acceptors (Lipinski definition) is 8. The first-order valence-corrected chi connectivity index (χ1v) is 8.50. The molecule has 2 aliphatic rings. The first-order valence-electron chi connectivity index (χ1n) is 8.50. The van der Waals surface area contributed by atoms with Crippen LogP contribution in [0.4, 0.5) is 0 Å². The predicted molar refractivity (Wildman–Crippen MR) is 92.6 cm³/mol. The Bertz CT molecular complexity index is 793. The molecule has 27 heavy (non-hydrogen) atoms. The summed E-state index contributed by atoms with van der Waals surface area (Å²) in [4.78, 5) is 44.4. The van der Waals surface area contributed by atoms with Crippen LogP contribution >= 0.6 is 0 Å². The Morgan fingerprint density at radius 1 is 1.19 bits per heavy atom. The molecule has 0 spiro atoms. The topological polar surface area (TPSA) is 98.3 Å². The van der Waals surface area contributed by atoms with E-state index in [9.17, 15) is 14.4 Å². The van der Waals surface area contributed by atoms with Gasteiger partial charge in [0.25, 0.3) is 12.1 Å². The summed E-state index contributed by atoms with van der Waals surface area (Å²) in [7, 11) is 5.27. The van der Waals surface area contributed by atoms with Gasteiger partial charge in [-0.25, -0.2) is 14.6 Å². The molecule has 1 amide bonds. The Kier molecular flexibility index (Phi) is 5.13. The zero-order valence-electron chi connectivity index (χ0n) is 15.4. The number of carbonyl (C=O) groups is 3. The molecule has 9 heteroatoms. The predicted octanol–water partition coefficient (Wildman–Crippen LogP) is 0.566. The highest BCUT2D eigenvalue weighted by atomic mass is 16.7. The third-order valence-electron chi connectivity index (χ3n) is 4.31. The van der Waals surface area contributed by atoms with E-state index in [0.29, 0.717) is 13.0 Å². The number of fused-ring (bicyclic) bond motifs is 2. The molecular weight excluding hydrogens is 354 g/mol. The fourth-order valence-corrected chi connectivity index (χ4v) is 3.04. The van der Waals surface area contributed by atoms with Crippen molar-refractivity contribution in [3.8, 4) is 5.88 Å². The highest BCUT2D eigenvalue weighted by molar-refractivity contribution is 5.97. The molecule has 1 aromatic heterocycles. The Hall–Kier alpha value is -2.94. The van der Waals surface area contributed by atoms with Gasteiger partial charge in [0.15, 0.2) is 0 Å². The van der Waals surface area contributed by atoms with E-state index in [1.165, 1.54) is 18.1 Å². The number of hydrogen-bond donors (Lipinski definition) is 0. The van der Waals surface area contributed by atoms with Crippen molar-refractivity contribution >= 4 is 17.8 Å². The Balaban J connectivity index is 2.09. The van der Waals surface area contributed by atoms with Crippen molar-refractivity contribution in [3.63, 3.8) is 0 Å². The molecule has 1 aromatic rings. The number of amides is 1. The minimum atomic E-state index is -1.71. The first-order chi connectivity index (χ1) is 12.8. The van der Waals surface area contributed by atoms with E-state index in [-0.39, 0.29) is 17.9 Å². The Morgan fingerprint density at radius 3 is 2.67 bits per heavy atom. The van der Waals surface area contributed by atoms with Crippen LogP contribution < -0.4 is 4.74 Å². The largest absolute Gasteiger partial charge is 0.430 e. The van der Waals surface area contributed by atoms with E-state index in [1.54, 1.807) is 12.1 Å². The highest BCUT2D eigenvalue weighted by Crippen LogP contribution is 2.36. The molecule has 0 saturated heterocycles. The zero-order valence-corrected chi connectivity index (χ0v) is 15.4. The summed E-state index contributed by atoms with van der Waals surface area (Å²) in [5.74, 6) is -3.67. The normalized spacial score (nSPS) is 26.0. The quantitative estimate of drug-likeness (QED) is 0.705. The molecule has 2 atom stereocenters. The van der Waals surface area contributed by atoms with Crippen molar-refractivity contribution in [3.05, 3.63) is 36.0 Å². The smallest absolute Gasteiger partial charge is 0.334 e. The monoisotopic (exact) mass is 375 g/mol. The van der Waals surface area contributed by atoms with Crippen LogP contribution in [0.3, 0.4) is 0 Å². The third kappa shape index (κ3) is 3.77. The van der Waals surface area contributed by atoms with Crippen LogP contribution in [-0.4, -0.2) is 72.3 Å². The molecule has 9 nitrogen and oxygen atoms in total. The van der Waals surface area contributed by atoms with Crippen molar-refractivity contribution in [2.24, 2.45) is 0 Å². The van der Waals surface area contributed by atoms with Crippen LogP contribution in [0.1, 0.15) is 23.2 Å². The van der Waals surface area contributed by atoms with Crippen LogP contribution in [0.15, 0.2) is 30.5 Å². The van der Waals surface area contributed by atoms with Gasteiger partial charge in [-0.05, 0) is 39.2 Å². The van der Waals surface area contributed by atoms with E-state index in [4.69, 9.17) is 14.2 Å². The van der Waals surface area contributed by atoms with Gasteiger partial charge in [0.05, 0.1) is 0 Å². The Labute approximate surface area is 156 Å². The minimum Gasteiger partial charge on any atom is -0.430 e. The SMILES string of the molecule is CN(C)CCCC12OC(=O)/C=C/C(=O)OC1N(C)C(=O)c1cccnc1O2. The lowest BCUT2D eigenvalue weighted by atomic mass is 10.1. The van der Waals surface area contributed by atoms with Crippen LogP contribution in [0.2, 0.25) is 0 Å². The van der Waals surface area contributed by atoms with Crippen molar-refractivity contribution in [1.82, 2.24) is 14.8 Å². The number of ether oxygens (including phenoxy) is 3. The van der Waals surface area contributed by atoms with Crippen LogP contribution in [0.5, 0.6) is 5.88 Å². The average molecular weight is 375 g/mol. The maximum absolute atomic E-state index is 12.8. The standard InChI is InChI=1S/C18H21N3O6/c1-20(2)11-5-9-18-17(25-13(22)7-8-14(23)26-18)21(3)16(24)12-6-4-10-19-15(12)27-18/h4,6-8,10,17H,5,9,11H2,1-3H3/b8-7+. The van der Waals surface area contributed by atoms with E-state index in [0.717, 1.165) is 12.2 Å². The van der Waals surface area contributed by atoms with Gasteiger partial charge >= 0.3 is 17.7 Å². The van der Waals surface area contributed by atoms with Crippen molar-refractivity contribution in [2.45, 2.75) is 24.9 Å². The van der Waals surface area contributed by atoms with Gasteiger partial charge in [0.1, 0.15) is 5.56 Å². The summed E-state index contributed by atoms with van der Waals surface area (Å²) < 4.78 is 17.0. The number of pyridine rings is 1. The molecular formula is C18H21N3O6. The van der Waals surface area contributed by atoms with E-state index >= 15 is 0 Å². The summed E-state index contributed by atoms with van der Waals surface area (Å²) >= 11 is 0. The van der Waals surface area contributed by atoms with Gasteiger partial charge < -0.3 is 19.1 Å². The zero-order chi connectivity index (χ0) is 19.6. The fourth-order valence-electron chi connectivity index (χ4n) is 3.04. The lowest BCUT2D eigenvalue weighted by Crippen LogP contribution is -2.60. The second-order valence-corrected chi connectivity index (χ2v) is 6.64. The maximum Gasteiger partial charge on any atom is 0.334 e. The van der Waals surface area contributed by atoms with E-state index in [1.807, 2.05) is 19.0 Å². The summed E-state index contributed by atoms with van der Waals surface area (Å²) in [6.07, 6.45) is 2.89. The molecule has 0 aromatic carbocycles. The molecule has 0 radical (unpaired) electrons. The molecule has 0 fully saturated rings. The van der Waals surface area contributed by atoms with Crippen LogP contribution in [-0.2, 0) is 19.1 Å². The van der Waals surface area contributed by atoms with Gasteiger partial charge in [0.2, 0.25) is 5.88 Å². The first kappa shape index (κ1) is 18.8. The second kappa shape index (κ2) is 7.36. The number of esters is 2. The van der Waals surface area contributed by atoms with Crippen molar-refractivity contribution in [1.29, 1.82) is 0 Å². The molecule has 144 valence electrons. The van der Waals surface area contributed by atoms with Gasteiger partial charge in [-0.2, -0.15) is 0 Å². The van der Waals surface area contributed by atoms with Crippen LogP contribution in [0.25, 0.3) is 0 Å². The second-order valence-electron chi connectivity index (χ2n) is 6.64. The van der Waals surface area contributed by atoms with Crippen molar-refractivity contribution < 1.29 is 28.6 Å². The lowest BCUT2D eigenvalue weighted by Gasteiger charge is -2.40. The van der Waals surface area contributed by atoms with E-state index < -0.39 is 29.9 Å². The number of likely N-dealkylation sites (N-methyl/N-ethyl adjacent to an activating group) is 1. The molecule has 0 saturated carbocycles. The molecule has 0 aliphatic carbocycles. The molecule has 0 N–H and O–H groups in total. The van der Waals surface area contributed by atoms with Crippen molar-refractivity contribution in [2.75, 3.05) is 27.7 Å². The summed E-state index contributed by atoms with van der Waals surface area (Å²) in [6.45, 7) is 0.673. The molecule has 2 aliphatic heterocycles. The molecule has 2 unspecified atom stereocenters. The molecule has 3 rings (SSSR count). The molecule has 3 heterocycles.